The Morgan fingerprint density at radius 1 is 1.50 bits per heavy atom. The fourth-order valence-electron chi connectivity index (χ4n) is 1.37. The lowest BCUT2D eigenvalue weighted by atomic mass is 10.1. The first-order chi connectivity index (χ1) is 7.52. The number of aromatic amines is 1. The fraction of sp³-hybridized carbons (Fsp3) is 0. The van der Waals surface area contributed by atoms with E-state index in [9.17, 15) is 9.59 Å². The van der Waals surface area contributed by atoms with Crippen molar-refractivity contribution < 1.29 is 14.7 Å². The third kappa shape index (κ3) is 1.60. The molecular formula is C9H4BrClN2O3. The normalized spacial score (nSPS) is 10.6. The number of rotatable bonds is 2. The quantitative estimate of drug-likeness (QED) is 0.506. The molecule has 82 valence electrons. The Bertz CT molecular complexity index is 608. The lowest BCUT2D eigenvalue weighted by Crippen LogP contribution is -2.12. The number of fused-ring (bicyclic) bond motifs is 1. The Labute approximate surface area is 103 Å². The smallest absolute Gasteiger partial charge is 0.377 e. The van der Waals surface area contributed by atoms with Crippen molar-refractivity contribution >= 4 is 50.2 Å². The van der Waals surface area contributed by atoms with Crippen molar-refractivity contribution in [3.63, 3.8) is 0 Å². The van der Waals surface area contributed by atoms with Crippen LogP contribution in [0.1, 0.15) is 10.4 Å². The third-order valence-electron chi connectivity index (χ3n) is 2.06. The molecule has 0 aliphatic heterocycles. The Morgan fingerprint density at radius 2 is 2.19 bits per heavy atom. The molecule has 0 radical (unpaired) electrons. The molecule has 0 bridgehead atoms. The first-order valence-electron chi connectivity index (χ1n) is 4.11. The highest BCUT2D eigenvalue weighted by Gasteiger charge is 2.21. The van der Waals surface area contributed by atoms with E-state index in [1.165, 1.54) is 12.4 Å². The average molecular weight is 303 g/mol. The summed E-state index contributed by atoms with van der Waals surface area (Å²) in [6.45, 7) is 0. The molecule has 2 aromatic rings. The van der Waals surface area contributed by atoms with Gasteiger partial charge in [-0.25, -0.2) is 9.78 Å². The summed E-state index contributed by atoms with van der Waals surface area (Å²) in [4.78, 5) is 28.6. The molecule has 2 heterocycles. The van der Waals surface area contributed by atoms with Gasteiger partial charge in [-0.05, 0) is 15.9 Å². The molecule has 0 saturated heterocycles. The molecule has 0 amide bonds. The van der Waals surface area contributed by atoms with Crippen molar-refractivity contribution in [3.05, 3.63) is 27.6 Å². The molecule has 0 aromatic carbocycles. The molecule has 2 N–H and O–H groups in total. The van der Waals surface area contributed by atoms with Gasteiger partial charge in [0.25, 0.3) is 5.78 Å². The van der Waals surface area contributed by atoms with Crippen LogP contribution in [0.25, 0.3) is 10.9 Å². The van der Waals surface area contributed by atoms with Crippen molar-refractivity contribution in [1.29, 1.82) is 0 Å². The van der Waals surface area contributed by atoms with Crippen LogP contribution in [0.4, 0.5) is 0 Å². The van der Waals surface area contributed by atoms with Crippen molar-refractivity contribution in [2.24, 2.45) is 0 Å². The molecule has 0 fully saturated rings. The maximum Gasteiger partial charge on any atom is 0.377 e. The summed E-state index contributed by atoms with van der Waals surface area (Å²) in [7, 11) is 0. The SMILES string of the molecule is O=C(O)C(=O)c1c[nH]c2c(Br)ncc(Cl)c12. The Balaban J connectivity index is 2.78. The van der Waals surface area contributed by atoms with Crippen molar-refractivity contribution in [2.45, 2.75) is 0 Å². The molecule has 7 heteroatoms. The number of nitrogens with zero attached hydrogens (tertiary/aromatic N) is 1. The van der Waals surface area contributed by atoms with Gasteiger partial charge in [-0.3, -0.25) is 4.79 Å². The number of hydrogen-bond acceptors (Lipinski definition) is 3. The summed E-state index contributed by atoms with van der Waals surface area (Å²) >= 11 is 9.05. The van der Waals surface area contributed by atoms with E-state index in [1.54, 1.807) is 0 Å². The predicted octanol–water partition coefficient (Wildman–Crippen LogP) is 2.25. The van der Waals surface area contributed by atoms with Gasteiger partial charge in [-0.1, -0.05) is 11.6 Å². The molecule has 0 unspecified atom stereocenters. The number of aromatic nitrogens is 2. The second kappa shape index (κ2) is 3.88. The number of pyridine rings is 1. The molecule has 0 aliphatic rings. The molecule has 0 saturated carbocycles. The van der Waals surface area contributed by atoms with E-state index in [2.05, 4.69) is 25.9 Å². The number of nitrogens with one attached hydrogen (secondary N) is 1. The number of carboxylic acid groups (broad SMARTS) is 1. The summed E-state index contributed by atoms with van der Waals surface area (Å²) in [6, 6.07) is 0. The Kier molecular flexibility index (Phi) is 2.69. The van der Waals surface area contributed by atoms with E-state index in [4.69, 9.17) is 16.7 Å². The van der Waals surface area contributed by atoms with Crippen LogP contribution in [0.3, 0.4) is 0 Å². The maximum atomic E-state index is 11.4. The van der Waals surface area contributed by atoms with Gasteiger partial charge in [0.05, 0.1) is 16.1 Å². The number of hydrogen-bond donors (Lipinski definition) is 2. The first-order valence-corrected chi connectivity index (χ1v) is 5.28. The number of carboxylic acids is 1. The number of aliphatic carboxylic acids is 1. The van der Waals surface area contributed by atoms with Gasteiger partial charge in [0.15, 0.2) is 0 Å². The van der Waals surface area contributed by atoms with Crippen LogP contribution in [0, 0.1) is 0 Å². The lowest BCUT2D eigenvalue weighted by molar-refractivity contribution is -0.131. The van der Waals surface area contributed by atoms with Gasteiger partial charge in [0, 0.05) is 17.8 Å². The largest absolute Gasteiger partial charge is 0.475 e. The minimum Gasteiger partial charge on any atom is -0.475 e. The molecule has 2 aromatic heterocycles. The van der Waals surface area contributed by atoms with Crippen molar-refractivity contribution in [3.8, 4) is 0 Å². The fourth-order valence-corrected chi connectivity index (χ4v) is 2.03. The molecule has 0 aliphatic carbocycles. The van der Waals surface area contributed by atoms with E-state index in [0.717, 1.165) is 0 Å². The lowest BCUT2D eigenvalue weighted by Gasteiger charge is -1.98. The number of H-pyrrole nitrogens is 1. The topological polar surface area (TPSA) is 83.0 Å². The minimum atomic E-state index is -1.52. The van der Waals surface area contributed by atoms with Gasteiger partial charge in [-0.2, -0.15) is 0 Å². The van der Waals surface area contributed by atoms with Gasteiger partial charge in [0.2, 0.25) is 0 Å². The second-order valence-electron chi connectivity index (χ2n) is 2.98. The summed E-state index contributed by atoms with van der Waals surface area (Å²) in [5, 5.41) is 9.22. The second-order valence-corrected chi connectivity index (χ2v) is 4.14. The number of Topliss-reactive ketones (excluding diaryl/α,β-unsaturated/α-hetero) is 1. The monoisotopic (exact) mass is 302 g/mol. The molecule has 0 spiro atoms. The average Bonchev–Trinajstić information content (AvgIpc) is 2.67. The Morgan fingerprint density at radius 3 is 2.81 bits per heavy atom. The molecule has 5 nitrogen and oxygen atoms in total. The zero-order valence-corrected chi connectivity index (χ0v) is 9.96. The number of carbonyl (C=O) groups excluding carboxylic acids is 1. The maximum absolute atomic E-state index is 11.4. The number of halogens is 2. The van der Waals surface area contributed by atoms with Gasteiger partial charge >= 0.3 is 5.97 Å². The highest BCUT2D eigenvalue weighted by Crippen LogP contribution is 2.30. The molecule has 16 heavy (non-hydrogen) atoms. The van der Waals surface area contributed by atoms with Crippen LogP contribution in [0.2, 0.25) is 5.02 Å². The third-order valence-corrected chi connectivity index (χ3v) is 2.94. The van der Waals surface area contributed by atoms with E-state index >= 15 is 0 Å². The molecule has 0 atom stereocenters. The summed E-state index contributed by atoms with van der Waals surface area (Å²) in [5.74, 6) is -2.53. The van der Waals surface area contributed by atoms with Gasteiger partial charge < -0.3 is 10.1 Å². The predicted molar refractivity (Wildman–Crippen MR) is 60.8 cm³/mol. The van der Waals surface area contributed by atoms with Crippen LogP contribution >= 0.6 is 27.5 Å². The van der Waals surface area contributed by atoms with Crippen molar-refractivity contribution in [2.75, 3.05) is 0 Å². The number of carbonyl (C=O) groups is 2. The highest BCUT2D eigenvalue weighted by atomic mass is 79.9. The zero-order valence-electron chi connectivity index (χ0n) is 7.62. The standard InChI is InChI=1S/C9H4BrClN2O3/c10-8-6-5(4(11)2-13-8)3(1-12-6)7(14)9(15)16/h1-2,12H,(H,15,16). The summed E-state index contributed by atoms with van der Waals surface area (Å²) < 4.78 is 0.469. The van der Waals surface area contributed by atoms with Crippen LogP contribution in [-0.2, 0) is 4.79 Å². The van der Waals surface area contributed by atoms with Gasteiger partial charge in [0.1, 0.15) is 4.60 Å². The van der Waals surface area contributed by atoms with Crippen LogP contribution < -0.4 is 0 Å². The van der Waals surface area contributed by atoms with Crippen molar-refractivity contribution in [1.82, 2.24) is 9.97 Å². The minimum absolute atomic E-state index is 0.0237. The van der Waals surface area contributed by atoms with Gasteiger partial charge in [-0.15, -0.1) is 0 Å². The summed E-state index contributed by atoms with van der Waals surface area (Å²) in [6.07, 6.45) is 2.65. The zero-order chi connectivity index (χ0) is 11.9. The van der Waals surface area contributed by atoms with Crippen LogP contribution in [0.15, 0.2) is 17.0 Å². The highest BCUT2D eigenvalue weighted by molar-refractivity contribution is 9.10. The molecule has 2 rings (SSSR count). The summed E-state index contributed by atoms with van der Waals surface area (Å²) in [5.41, 5.74) is 0.521. The van der Waals surface area contributed by atoms with Crippen LogP contribution in [-0.4, -0.2) is 26.8 Å². The number of ketones is 1. The Hall–Kier alpha value is -1.40. The van der Waals surface area contributed by atoms with E-state index in [-0.39, 0.29) is 10.6 Å². The molecular weight excluding hydrogens is 299 g/mol. The van der Waals surface area contributed by atoms with Crippen LogP contribution in [0.5, 0.6) is 0 Å². The first kappa shape index (κ1) is 11.1. The van der Waals surface area contributed by atoms with E-state index in [1.807, 2.05) is 0 Å². The van der Waals surface area contributed by atoms with E-state index in [0.29, 0.717) is 15.5 Å². The van der Waals surface area contributed by atoms with E-state index < -0.39 is 11.8 Å².